The highest BCUT2D eigenvalue weighted by Crippen LogP contribution is 2.68. The van der Waals surface area contributed by atoms with Gasteiger partial charge in [0.05, 0.1) is 25.4 Å². The van der Waals surface area contributed by atoms with Gasteiger partial charge in [0.2, 0.25) is 0 Å². The quantitative estimate of drug-likeness (QED) is 0.249. The summed E-state index contributed by atoms with van der Waals surface area (Å²) in [7, 11) is 0. The Morgan fingerprint density at radius 3 is 2.11 bits per heavy atom. The molecule has 0 radical (unpaired) electrons. The van der Waals surface area contributed by atoms with Crippen molar-refractivity contribution < 1.29 is 24.5 Å². The number of ether oxygens (including phenoxy) is 2. The molecule has 12 atom stereocenters. The second-order valence-electron chi connectivity index (χ2n) is 16.2. The summed E-state index contributed by atoms with van der Waals surface area (Å²) in [5, 5.41) is 21.3. The summed E-state index contributed by atoms with van der Waals surface area (Å²) in [5.74, 6) is 1.62. The van der Waals surface area contributed by atoms with Crippen molar-refractivity contribution in [3.63, 3.8) is 0 Å². The van der Waals surface area contributed by atoms with Crippen molar-refractivity contribution in [3.8, 4) is 0 Å². The number of hydrogen-bond donors (Lipinski definition) is 2. The molecule has 0 unspecified atom stereocenters. The number of fused-ring (bicyclic) bond motifs is 5. The molecule has 0 spiro atoms. The minimum absolute atomic E-state index is 0.0183. The Morgan fingerprint density at radius 1 is 0.826 bits per heavy atom. The number of benzene rings is 2. The molecule has 4 aliphatic carbocycles. The molecule has 4 saturated carbocycles. The topological polar surface area (TPSA) is 76.0 Å². The molecule has 0 saturated heterocycles. The average molecular weight is 631 g/mol. The highest BCUT2D eigenvalue weighted by Gasteiger charge is 2.67. The molecule has 46 heavy (non-hydrogen) atoms. The van der Waals surface area contributed by atoms with Gasteiger partial charge in [-0.25, -0.2) is 0 Å². The summed E-state index contributed by atoms with van der Waals surface area (Å²) in [5.41, 5.74) is 2.30. The summed E-state index contributed by atoms with van der Waals surface area (Å²) >= 11 is 0. The van der Waals surface area contributed by atoms with Crippen LogP contribution in [0, 0.1) is 52.3 Å². The van der Waals surface area contributed by atoms with Gasteiger partial charge in [0, 0.05) is 18.4 Å². The highest BCUT2D eigenvalue weighted by molar-refractivity contribution is 5.89. The molecule has 252 valence electrons. The Morgan fingerprint density at radius 2 is 1.46 bits per heavy atom. The van der Waals surface area contributed by atoms with Crippen LogP contribution in [-0.2, 0) is 27.5 Å². The molecule has 2 N–H and O–H groups in total. The van der Waals surface area contributed by atoms with Crippen molar-refractivity contribution in [1.29, 1.82) is 0 Å². The Kier molecular flexibility index (Phi) is 10.4. The lowest BCUT2D eigenvalue weighted by Gasteiger charge is -2.63. The molecule has 4 fully saturated rings. The zero-order chi connectivity index (χ0) is 32.5. The van der Waals surface area contributed by atoms with Gasteiger partial charge in [-0.1, -0.05) is 94.8 Å². The summed E-state index contributed by atoms with van der Waals surface area (Å²) < 4.78 is 13.5. The molecule has 0 aliphatic heterocycles. The lowest BCUT2D eigenvalue weighted by Crippen LogP contribution is -2.60. The SMILES string of the molecule is C[C@@H](CO)CCC[C@@H](C)[C@H]1C(=O)[C@H](O)[C@H]2[C@@H]3C[C@@H](OCc4ccccc4)[C@H]4C[C@@H](OCc5ccccc5)CC[C@]4(C)[C@H]3CC[C@@]21C. The van der Waals surface area contributed by atoms with Gasteiger partial charge >= 0.3 is 0 Å². The third-order valence-corrected chi connectivity index (χ3v) is 13.4. The van der Waals surface area contributed by atoms with E-state index in [2.05, 4.69) is 82.3 Å². The zero-order valence-corrected chi connectivity index (χ0v) is 28.7. The molecule has 2 aromatic carbocycles. The lowest BCUT2D eigenvalue weighted by molar-refractivity contribution is -0.200. The van der Waals surface area contributed by atoms with Crippen molar-refractivity contribution in [3.05, 3.63) is 71.8 Å². The number of aliphatic hydroxyl groups is 2. The van der Waals surface area contributed by atoms with Crippen LogP contribution in [0.3, 0.4) is 0 Å². The highest BCUT2D eigenvalue weighted by atomic mass is 16.5. The van der Waals surface area contributed by atoms with Gasteiger partial charge < -0.3 is 19.7 Å². The van der Waals surface area contributed by atoms with E-state index in [1.165, 1.54) is 11.1 Å². The molecule has 5 heteroatoms. The minimum atomic E-state index is -0.887. The standard InChI is InChI=1S/C41H58O5/c1-27(24-42)12-11-13-28(2)36-38(43)39(44)37-32-23-35(46-26-30-16-9-6-10-17-30)34-22-31(45-25-29-14-7-5-8-15-29)18-20-40(34,3)33(32)19-21-41(36,37)4/h5-10,14-17,27-28,31-37,39,42,44H,11-13,18-26H2,1-4H3/t27-,28-,31+,32-,33+,34-,35-,36+,37-,39-,40-,41-/m1/s1. The van der Waals surface area contributed by atoms with E-state index in [0.717, 1.165) is 57.8 Å². The van der Waals surface area contributed by atoms with Crippen LogP contribution < -0.4 is 0 Å². The van der Waals surface area contributed by atoms with E-state index in [4.69, 9.17) is 9.47 Å². The first kappa shape index (κ1) is 33.8. The molecule has 0 aromatic heterocycles. The average Bonchev–Trinajstić information content (AvgIpc) is 3.27. The Hall–Kier alpha value is -2.05. The van der Waals surface area contributed by atoms with Gasteiger partial charge in [0.1, 0.15) is 6.10 Å². The van der Waals surface area contributed by atoms with Crippen molar-refractivity contribution in [2.24, 2.45) is 52.3 Å². The van der Waals surface area contributed by atoms with Crippen molar-refractivity contribution in [1.82, 2.24) is 0 Å². The molecule has 0 amide bonds. The fourth-order valence-corrected chi connectivity index (χ4v) is 11.0. The van der Waals surface area contributed by atoms with Crippen LogP contribution in [0.2, 0.25) is 0 Å². The van der Waals surface area contributed by atoms with E-state index in [1.807, 2.05) is 6.07 Å². The lowest BCUT2D eigenvalue weighted by atomic mass is 9.43. The first-order valence-corrected chi connectivity index (χ1v) is 18.3. The van der Waals surface area contributed by atoms with Crippen molar-refractivity contribution in [2.45, 2.75) is 117 Å². The number of hydrogen-bond acceptors (Lipinski definition) is 5. The van der Waals surface area contributed by atoms with Crippen molar-refractivity contribution in [2.75, 3.05) is 6.61 Å². The van der Waals surface area contributed by atoms with E-state index >= 15 is 0 Å². The molecular formula is C41H58O5. The van der Waals surface area contributed by atoms with Crippen LogP contribution >= 0.6 is 0 Å². The predicted molar refractivity (Wildman–Crippen MR) is 182 cm³/mol. The van der Waals surface area contributed by atoms with Crippen LogP contribution in [-0.4, -0.2) is 40.9 Å². The van der Waals surface area contributed by atoms with E-state index in [-0.39, 0.29) is 59.1 Å². The minimum Gasteiger partial charge on any atom is -0.396 e. The van der Waals surface area contributed by atoms with Crippen LogP contribution in [0.5, 0.6) is 0 Å². The van der Waals surface area contributed by atoms with Crippen molar-refractivity contribution >= 4 is 5.78 Å². The number of ketones is 1. The summed E-state index contributed by atoms with van der Waals surface area (Å²) in [6.07, 6.45) is 8.53. The first-order valence-electron chi connectivity index (χ1n) is 18.3. The van der Waals surface area contributed by atoms with Crippen LogP contribution in [0.4, 0.5) is 0 Å². The smallest absolute Gasteiger partial charge is 0.165 e. The molecule has 2 aromatic rings. The maximum Gasteiger partial charge on any atom is 0.165 e. The second-order valence-corrected chi connectivity index (χ2v) is 16.2. The third kappa shape index (κ3) is 6.51. The van der Waals surface area contributed by atoms with Crippen LogP contribution in [0.1, 0.15) is 96.6 Å². The fourth-order valence-electron chi connectivity index (χ4n) is 11.0. The van der Waals surface area contributed by atoms with Gasteiger partial charge in [0.15, 0.2) is 5.78 Å². The molecule has 6 rings (SSSR count). The van der Waals surface area contributed by atoms with Crippen LogP contribution in [0.25, 0.3) is 0 Å². The second kappa shape index (κ2) is 14.2. The van der Waals surface area contributed by atoms with Gasteiger partial charge in [-0.15, -0.1) is 0 Å². The fraction of sp³-hybridized carbons (Fsp3) is 0.683. The molecule has 4 aliphatic rings. The molecule has 0 bridgehead atoms. The first-order chi connectivity index (χ1) is 22.2. The van der Waals surface area contributed by atoms with Gasteiger partial charge in [-0.2, -0.15) is 0 Å². The van der Waals surface area contributed by atoms with E-state index < -0.39 is 6.10 Å². The zero-order valence-electron chi connectivity index (χ0n) is 28.7. The normalized spacial score (nSPS) is 38.4. The summed E-state index contributed by atoms with van der Waals surface area (Å²) in [6.45, 7) is 10.6. The third-order valence-electron chi connectivity index (χ3n) is 13.4. The molecule has 5 nitrogen and oxygen atoms in total. The van der Waals surface area contributed by atoms with Gasteiger partial charge in [0.25, 0.3) is 0 Å². The number of Topliss-reactive ketones (excluding diaryl/α,β-unsaturated/α-hetero) is 1. The Balaban J connectivity index is 1.23. The maximum atomic E-state index is 14.0. The predicted octanol–water partition coefficient (Wildman–Crippen LogP) is 8.01. The van der Waals surface area contributed by atoms with E-state index in [0.29, 0.717) is 31.0 Å². The number of rotatable bonds is 12. The van der Waals surface area contributed by atoms with Crippen LogP contribution in [0.15, 0.2) is 60.7 Å². The molecular weight excluding hydrogens is 572 g/mol. The van der Waals surface area contributed by atoms with E-state index in [9.17, 15) is 15.0 Å². The summed E-state index contributed by atoms with van der Waals surface area (Å²) in [4.78, 5) is 14.0. The summed E-state index contributed by atoms with van der Waals surface area (Å²) in [6, 6.07) is 21.0. The van der Waals surface area contributed by atoms with Gasteiger partial charge in [-0.05, 0) is 103 Å². The number of carbonyl (C=O) groups excluding carboxylic acids is 1. The number of aliphatic hydroxyl groups excluding tert-OH is 2. The van der Waals surface area contributed by atoms with Gasteiger partial charge in [-0.3, -0.25) is 4.79 Å². The number of carbonyl (C=O) groups is 1. The maximum absolute atomic E-state index is 14.0. The largest absolute Gasteiger partial charge is 0.396 e. The Bertz CT molecular complexity index is 1280. The van der Waals surface area contributed by atoms with E-state index in [1.54, 1.807) is 0 Å². The molecule has 0 heterocycles. The monoisotopic (exact) mass is 630 g/mol. The Labute approximate surface area is 277 Å².